The van der Waals surface area contributed by atoms with Gasteiger partial charge in [-0.3, -0.25) is 4.79 Å². The first-order chi connectivity index (χ1) is 13.5. The predicted molar refractivity (Wildman–Crippen MR) is 105 cm³/mol. The number of nitrogens with one attached hydrogen (secondary N) is 1. The number of nitrogens with zero attached hydrogens (tertiary/aromatic N) is 3. The Morgan fingerprint density at radius 1 is 1.21 bits per heavy atom. The largest absolute Gasteiger partial charge is 0.456 e. The maximum atomic E-state index is 12.6. The van der Waals surface area contributed by atoms with Crippen LogP contribution in [0, 0.1) is 25.2 Å². The molecule has 0 radical (unpaired) electrons. The molecule has 28 heavy (non-hydrogen) atoms. The summed E-state index contributed by atoms with van der Waals surface area (Å²) in [5.41, 5.74) is 3.95. The maximum absolute atomic E-state index is 12.6. The number of rotatable bonds is 0. The zero-order chi connectivity index (χ0) is 19.7. The molecule has 3 aromatic rings. The lowest BCUT2D eigenvalue weighted by Crippen LogP contribution is -2.27. The smallest absolute Gasteiger partial charge is 0.251 e. The zero-order valence-corrected chi connectivity index (χ0v) is 15.8. The van der Waals surface area contributed by atoms with E-state index in [9.17, 15) is 10.1 Å². The molecular formula is C22H20N4O2. The second kappa shape index (κ2) is 7.20. The van der Waals surface area contributed by atoms with E-state index in [4.69, 9.17) is 4.74 Å². The highest BCUT2D eigenvalue weighted by Gasteiger charge is 2.15. The number of nitriles is 1. The summed E-state index contributed by atoms with van der Waals surface area (Å²) in [6.45, 7) is 4.99. The van der Waals surface area contributed by atoms with E-state index in [1.165, 1.54) is 0 Å². The first-order valence-electron chi connectivity index (χ1n) is 9.16. The minimum absolute atomic E-state index is 0.142. The summed E-state index contributed by atoms with van der Waals surface area (Å²) in [4.78, 5) is 17.1. The molecule has 0 fully saturated rings. The average molecular weight is 372 g/mol. The number of aryl methyl sites for hydroxylation is 2. The third kappa shape index (κ3) is 3.35. The van der Waals surface area contributed by atoms with Gasteiger partial charge >= 0.3 is 0 Å². The van der Waals surface area contributed by atoms with Crippen LogP contribution in [0.15, 0.2) is 42.6 Å². The Morgan fingerprint density at radius 2 is 2.07 bits per heavy atom. The molecule has 1 N–H and O–H groups in total. The van der Waals surface area contributed by atoms with Crippen LogP contribution in [0.4, 0.5) is 0 Å². The number of hydrogen-bond acceptors (Lipinski definition) is 4. The lowest BCUT2D eigenvalue weighted by atomic mass is 10.1. The van der Waals surface area contributed by atoms with Crippen LogP contribution in [0.5, 0.6) is 11.5 Å². The van der Waals surface area contributed by atoms with E-state index >= 15 is 0 Å². The Balaban J connectivity index is 1.84. The van der Waals surface area contributed by atoms with Gasteiger partial charge in [-0.2, -0.15) is 5.26 Å². The van der Waals surface area contributed by atoms with Gasteiger partial charge < -0.3 is 14.6 Å². The highest BCUT2D eigenvalue weighted by molar-refractivity contribution is 5.96. The van der Waals surface area contributed by atoms with Gasteiger partial charge in [0.05, 0.1) is 5.56 Å². The van der Waals surface area contributed by atoms with Gasteiger partial charge in [0.15, 0.2) is 0 Å². The lowest BCUT2D eigenvalue weighted by molar-refractivity contribution is 0.0953. The molecule has 0 spiro atoms. The number of carbonyl (C=O) groups is 1. The van der Waals surface area contributed by atoms with Gasteiger partial charge in [0.1, 0.15) is 23.4 Å². The fourth-order valence-electron chi connectivity index (χ4n) is 3.39. The van der Waals surface area contributed by atoms with Crippen molar-refractivity contribution in [3.8, 4) is 17.6 Å². The number of benzene rings is 2. The molecule has 0 saturated heterocycles. The monoisotopic (exact) mass is 372 g/mol. The molecule has 6 nitrogen and oxygen atoms in total. The highest BCUT2D eigenvalue weighted by atomic mass is 16.5. The third-order valence-electron chi connectivity index (χ3n) is 4.99. The summed E-state index contributed by atoms with van der Waals surface area (Å²) in [6, 6.07) is 13.1. The number of carbonyl (C=O) groups excluding carboxylic acids is 1. The predicted octanol–water partition coefficient (Wildman–Crippen LogP) is 3.50. The van der Waals surface area contributed by atoms with E-state index in [0.717, 1.165) is 22.6 Å². The Hall–Kier alpha value is -3.59. The second-order valence-electron chi connectivity index (χ2n) is 6.91. The lowest BCUT2D eigenvalue weighted by Gasteiger charge is -2.16. The van der Waals surface area contributed by atoms with Crippen molar-refractivity contribution in [3.63, 3.8) is 0 Å². The Morgan fingerprint density at radius 3 is 2.89 bits per heavy atom. The van der Waals surface area contributed by atoms with Crippen LogP contribution in [0.25, 0.3) is 0 Å². The highest BCUT2D eigenvalue weighted by Crippen LogP contribution is 2.28. The molecule has 140 valence electrons. The Kier molecular flexibility index (Phi) is 4.58. The normalized spacial score (nSPS) is 13.5. The van der Waals surface area contributed by atoms with Gasteiger partial charge in [0.2, 0.25) is 0 Å². The molecule has 2 aromatic carbocycles. The standard InChI is InChI=1S/C22H20N4O2/c1-14-3-6-19-10-20(14)22(27)24-8-7-18-12-25-15(2)26(18)13-16-4-5-17(11-23)21(9-16)28-19/h3-6,9-10,12H,7-8,13H2,1-2H3,(H,24,27). The van der Waals surface area contributed by atoms with E-state index in [2.05, 4.69) is 20.9 Å². The van der Waals surface area contributed by atoms with E-state index in [0.29, 0.717) is 42.1 Å². The summed E-state index contributed by atoms with van der Waals surface area (Å²) in [5.74, 6) is 1.77. The van der Waals surface area contributed by atoms with E-state index in [1.807, 2.05) is 44.3 Å². The summed E-state index contributed by atoms with van der Waals surface area (Å²) in [7, 11) is 0. The summed E-state index contributed by atoms with van der Waals surface area (Å²) in [6.07, 6.45) is 2.53. The van der Waals surface area contributed by atoms with Gasteiger partial charge in [-0.1, -0.05) is 12.1 Å². The number of ether oxygens (including phenoxy) is 1. The summed E-state index contributed by atoms with van der Waals surface area (Å²) < 4.78 is 8.12. The summed E-state index contributed by atoms with van der Waals surface area (Å²) in [5, 5.41) is 12.4. The first-order valence-corrected chi connectivity index (χ1v) is 9.16. The van der Waals surface area contributed by atoms with Crippen LogP contribution in [0.2, 0.25) is 0 Å². The molecule has 4 bridgehead atoms. The molecule has 1 amide bonds. The maximum Gasteiger partial charge on any atom is 0.251 e. The SMILES string of the molecule is Cc1ccc2cc1C(=O)NCCc1cnc(C)n1Cc1ccc(C#N)c(c1)O2. The Labute approximate surface area is 163 Å². The Bertz CT molecular complexity index is 1110. The van der Waals surface area contributed by atoms with Crippen LogP contribution >= 0.6 is 0 Å². The van der Waals surface area contributed by atoms with Crippen molar-refractivity contribution in [2.75, 3.05) is 6.54 Å². The zero-order valence-electron chi connectivity index (χ0n) is 15.8. The molecule has 4 rings (SSSR count). The molecule has 2 heterocycles. The van der Waals surface area contributed by atoms with Crippen molar-refractivity contribution < 1.29 is 9.53 Å². The molecular weight excluding hydrogens is 352 g/mol. The van der Waals surface area contributed by atoms with Gasteiger partial charge in [-0.15, -0.1) is 0 Å². The number of imidazole rings is 1. The number of aromatic nitrogens is 2. The van der Waals surface area contributed by atoms with E-state index in [1.54, 1.807) is 12.1 Å². The summed E-state index contributed by atoms with van der Waals surface area (Å²) >= 11 is 0. The molecule has 1 aliphatic heterocycles. The van der Waals surface area contributed by atoms with Gasteiger partial charge in [0, 0.05) is 37.0 Å². The first kappa shape index (κ1) is 17.8. The number of amides is 1. The van der Waals surface area contributed by atoms with Crippen molar-refractivity contribution in [2.24, 2.45) is 0 Å². The molecule has 0 saturated carbocycles. The van der Waals surface area contributed by atoms with Crippen molar-refractivity contribution in [1.82, 2.24) is 14.9 Å². The molecule has 0 unspecified atom stereocenters. The molecule has 6 heteroatoms. The molecule has 1 aromatic heterocycles. The van der Waals surface area contributed by atoms with Crippen LogP contribution in [0.1, 0.15) is 38.6 Å². The topological polar surface area (TPSA) is 79.9 Å². The van der Waals surface area contributed by atoms with Gasteiger partial charge in [-0.25, -0.2) is 4.98 Å². The number of hydrogen-bond donors (Lipinski definition) is 1. The van der Waals surface area contributed by atoms with Crippen LogP contribution in [0.3, 0.4) is 0 Å². The third-order valence-corrected chi connectivity index (χ3v) is 4.99. The number of fused-ring (bicyclic) bond motifs is 5. The van der Waals surface area contributed by atoms with Crippen LogP contribution < -0.4 is 10.1 Å². The minimum atomic E-state index is -0.142. The van der Waals surface area contributed by atoms with E-state index in [-0.39, 0.29) is 5.91 Å². The van der Waals surface area contributed by atoms with Crippen molar-refractivity contribution >= 4 is 5.91 Å². The average Bonchev–Trinajstić information content (AvgIpc) is 3.02. The van der Waals surface area contributed by atoms with Crippen molar-refractivity contribution in [3.05, 3.63) is 76.4 Å². The van der Waals surface area contributed by atoms with Crippen molar-refractivity contribution in [2.45, 2.75) is 26.8 Å². The van der Waals surface area contributed by atoms with Gasteiger partial charge in [0.25, 0.3) is 5.91 Å². The molecule has 0 atom stereocenters. The van der Waals surface area contributed by atoms with E-state index < -0.39 is 0 Å². The van der Waals surface area contributed by atoms with Crippen LogP contribution in [-0.2, 0) is 13.0 Å². The van der Waals surface area contributed by atoms with Crippen LogP contribution in [-0.4, -0.2) is 22.0 Å². The minimum Gasteiger partial charge on any atom is -0.456 e. The fourth-order valence-corrected chi connectivity index (χ4v) is 3.39. The molecule has 0 aliphatic carbocycles. The van der Waals surface area contributed by atoms with Crippen molar-refractivity contribution in [1.29, 1.82) is 5.26 Å². The quantitative estimate of drug-likeness (QED) is 0.655. The van der Waals surface area contributed by atoms with Gasteiger partial charge in [-0.05, 0) is 49.2 Å². The second-order valence-corrected chi connectivity index (χ2v) is 6.91. The molecule has 1 aliphatic rings. The fraction of sp³-hybridized carbons (Fsp3) is 0.227.